The van der Waals surface area contributed by atoms with Gasteiger partial charge in [0.25, 0.3) is 5.56 Å². The highest BCUT2D eigenvalue weighted by Gasteiger charge is 2.16. The molecule has 0 aliphatic rings. The van der Waals surface area contributed by atoms with Crippen LogP contribution in [0.15, 0.2) is 35.3 Å². The Labute approximate surface area is 117 Å². The Kier molecular flexibility index (Phi) is 2.99. The molecule has 1 N–H and O–H groups in total. The smallest absolute Gasteiger partial charge is 0.260 e. The number of aromatic nitrogens is 3. The minimum absolute atomic E-state index is 0.0800. The lowest BCUT2D eigenvalue weighted by molar-refractivity contribution is 0.536. The molecule has 104 valence electrons. The largest absolute Gasteiger partial charge is 0.328 e. The third-order valence-corrected chi connectivity index (χ3v) is 3.15. The number of benzene rings is 1. The molecule has 7 heteroatoms. The van der Waals surface area contributed by atoms with E-state index >= 15 is 0 Å². The van der Waals surface area contributed by atoms with Gasteiger partial charge in [0.05, 0.1) is 12.1 Å². The molecule has 3 rings (SSSR count). The quantitative estimate of drug-likeness (QED) is 0.782. The SMILES string of the molecule is N#Cc1nn(Cc2c(F)cccc2F)c2cc[nH]c(=O)c12. The summed E-state index contributed by atoms with van der Waals surface area (Å²) < 4.78 is 28.6. The molecule has 0 aliphatic carbocycles. The Morgan fingerprint density at radius 3 is 2.67 bits per heavy atom. The fourth-order valence-electron chi connectivity index (χ4n) is 2.17. The van der Waals surface area contributed by atoms with Gasteiger partial charge in [-0.15, -0.1) is 0 Å². The van der Waals surface area contributed by atoms with Gasteiger partial charge in [-0.3, -0.25) is 9.48 Å². The average Bonchev–Trinajstić information content (AvgIpc) is 2.82. The number of aromatic amines is 1. The van der Waals surface area contributed by atoms with Gasteiger partial charge < -0.3 is 4.98 Å². The Hall–Kier alpha value is -3.01. The highest BCUT2D eigenvalue weighted by Crippen LogP contribution is 2.18. The van der Waals surface area contributed by atoms with E-state index < -0.39 is 17.2 Å². The van der Waals surface area contributed by atoms with Crippen molar-refractivity contribution in [1.29, 1.82) is 5.26 Å². The van der Waals surface area contributed by atoms with Crippen molar-refractivity contribution in [3.8, 4) is 6.07 Å². The first-order valence-corrected chi connectivity index (χ1v) is 6.03. The standard InChI is InChI=1S/C14H8F2N4O/c15-9-2-1-3-10(16)8(9)7-20-12-4-5-18-14(21)13(12)11(6-17)19-20/h1-5H,7H2,(H,18,21). The molecule has 0 spiro atoms. The number of rotatable bonds is 2. The average molecular weight is 286 g/mol. The van der Waals surface area contributed by atoms with Crippen molar-refractivity contribution in [2.24, 2.45) is 0 Å². The summed E-state index contributed by atoms with van der Waals surface area (Å²) >= 11 is 0. The number of nitrogens with one attached hydrogen (secondary N) is 1. The van der Waals surface area contributed by atoms with Crippen LogP contribution in [0.1, 0.15) is 11.3 Å². The summed E-state index contributed by atoms with van der Waals surface area (Å²) in [6.45, 7) is -0.208. The molecule has 0 radical (unpaired) electrons. The van der Waals surface area contributed by atoms with Crippen molar-refractivity contribution in [2.75, 3.05) is 0 Å². The number of H-pyrrole nitrogens is 1. The normalized spacial score (nSPS) is 10.7. The number of fused-ring (bicyclic) bond motifs is 1. The molecule has 5 nitrogen and oxygen atoms in total. The van der Waals surface area contributed by atoms with Gasteiger partial charge >= 0.3 is 0 Å². The third kappa shape index (κ3) is 2.07. The third-order valence-electron chi connectivity index (χ3n) is 3.15. The molecule has 21 heavy (non-hydrogen) atoms. The first kappa shape index (κ1) is 13.0. The van der Waals surface area contributed by atoms with Crippen LogP contribution in [0.2, 0.25) is 0 Å². The number of pyridine rings is 1. The van der Waals surface area contributed by atoms with Gasteiger partial charge in [0.2, 0.25) is 0 Å². The van der Waals surface area contributed by atoms with E-state index in [9.17, 15) is 13.6 Å². The maximum atomic E-state index is 13.7. The van der Waals surface area contributed by atoms with Crippen LogP contribution >= 0.6 is 0 Å². The minimum atomic E-state index is -0.706. The number of nitrogens with zero attached hydrogens (tertiary/aromatic N) is 3. The first-order valence-electron chi connectivity index (χ1n) is 6.03. The van der Waals surface area contributed by atoms with E-state index in [0.29, 0.717) is 5.52 Å². The van der Waals surface area contributed by atoms with Gasteiger partial charge in [-0.2, -0.15) is 10.4 Å². The zero-order chi connectivity index (χ0) is 15.0. The number of halogens is 2. The summed E-state index contributed by atoms with van der Waals surface area (Å²) in [4.78, 5) is 14.2. The van der Waals surface area contributed by atoms with Crippen molar-refractivity contribution in [1.82, 2.24) is 14.8 Å². The number of hydrogen-bond donors (Lipinski definition) is 1. The Morgan fingerprint density at radius 2 is 2.00 bits per heavy atom. The molecular weight excluding hydrogens is 278 g/mol. The molecular formula is C14H8F2N4O. The van der Waals surface area contributed by atoms with Crippen LogP contribution in [-0.4, -0.2) is 14.8 Å². The lowest BCUT2D eigenvalue weighted by Crippen LogP contribution is -2.08. The number of nitriles is 1. The van der Waals surface area contributed by atoms with Crippen molar-refractivity contribution in [3.05, 3.63) is 63.7 Å². The van der Waals surface area contributed by atoms with E-state index in [1.54, 1.807) is 6.07 Å². The van der Waals surface area contributed by atoms with Crippen molar-refractivity contribution < 1.29 is 8.78 Å². The Bertz CT molecular complexity index is 916. The molecule has 0 fully saturated rings. The van der Waals surface area contributed by atoms with Crippen molar-refractivity contribution in [2.45, 2.75) is 6.54 Å². The molecule has 0 saturated heterocycles. The Balaban J connectivity index is 2.21. The second-order valence-electron chi connectivity index (χ2n) is 4.39. The van der Waals surface area contributed by atoms with E-state index in [4.69, 9.17) is 5.26 Å². The summed E-state index contributed by atoms with van der Waals surface area (Å²) in [6.07, 6.45) is 1.39. The maximum absolute atomic E-state index is 13.7. The highest BCUT2D eigenvalue weighted by molar-refractivity contribution is 5.83. The molecule has 0 bridgehead atoms. The monoisotopic (exact) mass is 286 g/mol. The first-order chi connectivity index (χ1) is 10.1. The summed E-state index contributed by atoms with van der Waals surface area (Å²) in [5.41, 5.74) is -0.377. The second-order valence-corrected chi connectivity index (χ2v) is 4.39. The van der Waals surface area contributed by atoms with Gasteiger partial charge in [-0.1, -0.05) is 6.07 Å². The molecule has 0 unspecified atom stereocenters. The molecule has 3 aromatic rings. The van der Waals surface area contributed by atoms with Gasteiger partial charge in [0, 0.05) is 11.8 Å². The van der Waals surface area contributed by atoms with Crippen molar-refractivity contribution >= 4 is 10.9 Å². The van der Waals surface area contributed by atoms with Crippen LogP contribution in [0.25, 0.3) is 10.9 Å². The van der Waals surface area contributed by atoms with Crippen LogP contribution in [0, 0.1) is 23.0 Å². The molecule has 2 aromatic heterocycles. The zero-order valence-electron chi connectivity index (χ0n) is 10.6. The predicted octanol–water partition coefficient (Wildman–Crippen LogP) is 1.92. The van der Waals surface area contributed by atoms with Crippen LogP contribution in [0.5, 0.6) is 0 Å². The molecule has 2 heterocycles. The number of hydrogen-bond acceptors (Lipinski definition) is 3. The topological polar surface area (TPSA) is 74.5 Å². The Morgan fingerprint density at radius 1 is 1.29 bits per heavy atom. The van der Waals surface area contributed by atoms with E-state index in [1.165, 1.54) is 23.0 Å². The highest BCUT2D eigenvalue weighted by atomic mass is 19.1. The van der Waals surface area contributed by atoms with Crippen LogP contribution in [-0.2, 0) is 6.54 Å². The van der Waals surface area contributed by atoms with Gasteiger partial charge in [0.1, 0.15) is 23.1 Å². The molecule has 0 atom stereocenters. The summed E-state index contributed by atoms with van der Waals surface area (Å²) in [5.74, 6) is -1.41. The minimum Gasteiger partial charge on any atom is -0.328 e. The summed E-state index contributed by atoms with van der Waals surface area (Å²) in [6, 6.07) is 6.88. The van der Waals surface area contributed by atoms with Crippen LogP contribution in [0.4, 0.5) is 8.78 Å². The molecule has 1 aromatic carbocycles. The van der Waals surface area contributed by atoms with Gasteiger partial charge in [0.15, 0.2) is 5.69 Å². The van der Waals surface area contributed by atoms with E-state index in [1.807, 2.05) is 0 Å². The summed E-state index contributed by atoms with van der Waals surface area (Å²) in [5, 5.41) is 13.1. The van der Waals surface area contributed by atoms with E-state index in [-0.39, 0.29) is 23.2 Å². The second kappa shape index (κ2) is 4.83. The zero-order valence-corrected chi connectivity index (χ0v) is 10.6. The van der Waals surface area contributed by atoms with E-state index in [0.717, 1.165) is 12.1 Å². The predicted molar refractivity (Wildman–Crippen MR) is 70.5 cm³/mol. The van der Waals surface area contributed by atoms with E-state index in [2.05, 4.69) is 10.1 Å². The van der Waals surface area contributed by atoms with Crippen LogP contribution < -0.4 is 5.56 Å². The lowest BCUT2D eigenvalue weighted by Gasteiger charge is -2.06. The van der Waals surface area contributed by atoms with Crippen molar-refractivity contribution in [3.63, 3.8) is 0 Å². The fourth-order valence-corrected chi connectivity index (χ4v) is 2.17. The molecule has 0 amide bonds. The molecule has 0 saturated carbocycles. The fraction of sp³-hybridized carbons (Fsp3) is 0.0714. The lowest BCUT2D eigenvalue weighted by atomic mass is 10.2. The van der Waals surface area contributed by atoms with Gasteiger partial charge in [-0.05, 0) is 18.2 Å². The summed E-state index contributed by atoms with van der Waals surface area (Å²) in [7, 11) is 0. The van der Waals surface area contributed by atoms with Crippen LogP contribution in [0.3, 0.4) is 0 Å². The maximum Gasteiger partial charge on any atom is 0.260 e. The van der Waals surface area contributed by atoms with Gasteiger partial charge in [-0.25, -0.2) is 8.78 Å². The molecule has 0 aliphatic heterocycles.